The summed E-state index contributed by atoms with van der Waals surface area (Å²) in [5.41, 5.74) is 0.186. The van der Waals surface area contributed by atoms with Crippen LogP contribution in [0.25, 0.3) is 0 Å². The van der Waals surface area contributed by atoms with Gasteiger partial charge in [-0.05, 0) is 44.9 Å². The first-order valence-electron chi connectivity index (χ1n) is 10.3. The Morgan fingerprint density at radius 1 is 0.893 bits per heavy atom. The summed E-state index contributed by atoms with van der Waals surface area (Å²) in [6.07, 6.45) is 24.0. The normalized spacial score (nSPS) is 15.4. The molecule has 0 amide bonds. The predicted octanol–water partition coefficient (Wildman–Crippen LogP) is 6.07. The Labute approximate surface area is 169 Å². The topological polar surface area (TPSA) is 63.6 Å². The van der Waals surface area contributed by atoms with Gasteiger partial charge in [0.05, 0.1) is 7.11 Å². The van der Waals surface area contributed by atoms with Crippen molar-refractivity contribution in [2.45, 2.75) is 71.1 Å². The second kappa shape index (κ2) is 14.7. The first kappa shape index (κ1) is 23.7. The first-order valence-corrected chi connectivity index (χ1v) is 10.3. The van der Waals surface area contributed by atoms with E-state index < -0.39 is 11.5 Å². The van der Waals surface area contributed by atoms with Gasteiger partial charge in [-0.2, -0.15) is 0 Å². The van der Waals surface area contributed by atoms with E-state index in [-0.39, 0.29) is 17.1 Å². The number of carbonyl (C=O) groups excluding carboxylic acids is 2. The zero-order chi connectivity index (χ0) is 20.6. The van der Waals surface area contributed by atoms with Gasteiger partial charge >= 0.3 is 0 Å². The van der Waals surface area contributed by atoms with Crippen molar-refractivity contribution in [3.63, 3.8) is 0 Å². The number of methoxy groups -OCH3 is 1. The summed E-state index contributed by atoms with van der Waals surface area (Å²) in [5.74, 6) is -1.34. The van der Waals surface area contributed by atoms with Gasteiger partial charge in [0.2, 0.25) is 11.6 Å². The number of Topliss-reactive ketones (excluding diaryl/α,β-unsaturated/α-hetero) is 1. The third kappa shape index (κ3) is 9.03. The summed E-state index contributed by atoms with van der Waals surface area (Å²) in [5, 5.41) is 9.83. The van der Waals surface area contributed by atoms with E-state index in [1.807, 2.05) is 0 Å². The molecule has 1 N–H and O–H groups in total. The standard InChI is InChI=1S/C24H34O4/c1-3-4-5-6-7-8-9-10-11-12-13-14-15-16-17-18-20-23(26)21(25)19-22(28-2)24(20)27/h4-5,7-8,10-11,19,26H,3,6,9,12-18H2,1-2H3. The van der Waals surface area contributed by atoms with Crippen molar-refractivity contribution < 1.29 is 19.4 Å². The van der Waals surface area contributed by atoms with Crippen molar-refractivity contribution in [3.05, 3.63) is 59.6 Å². The van der Waals surface area contributed by atoms with Crippen LogP contribution in [0.15, 0.2) is 59.6 Å². The number of aliphatic hydroxyl groups is 1. The lowest BCUT2D eigenvalue weighted by Gasteiger charge is -2.14. The van der Waals surface area contributed by atoms with Gasteiger partial charge in [-0.25, -0.2) is 0 Å². The maximum Gasteiger partial charge on any atom is 0.227 e. The Morgan fingerprint density at radius 3 is 2.18 bits per heavy atom. The molecule has 1 rings (SSSR count). The van der Waals surface area contributed by atoms with E-state index >= 15 is 0 Å². The molecule has 0 aliphatic heterocycles. The molecule has 0 unspecified atom stereocenters. The smallest absolute Gasteiger partial charge is 0.227 e. The zero-order valence-corrected chi connectivity index (χ0v) is 17.3. The minimum Gasteiger partial charge on any atom is -0.504 e. The van der Waals surface area contributed by atoms with Crippen molar-refractivity contribution in [1.29, 1.82) is 0 Å². The molecule has 4 heteroatoms. The average molecular weight is 387 g/mol. The molecule has 0 heterocycles. The van der Waals surface area contributed by atoms with Crippen LogP contribution >= 0.6 is 0 Å². The Hall–Kier alpha value is -2.36. The maximum absolute atomic E-state index is 12.1. The van der Waals surface area contributed by atoms with Gasteiger partial charge in [0.1, 0.15) is 0 Å². The minimum absolute atomic E-state index is 0.0110. The van der Waals surface area contributed by atoms with Crippen LogP contribution < -0.4 is 0 Å². The number of hydrogen-bond donors (Lipinski definition) is 1. The molecule has 154 valence electrons. The van der Waals surface area contributed by atoms with Gasteiger partial charge in [0, 0.05) is 11.6 Å². The molecule has 0 atom stereocenters. The first-order chi connectivity index (χ1) is 13.6. The van der Waals surface area contributed by atoms with Crippen molar-refractivity contribution >= 4 is 11.6 Å². The van der Waals surface area contributed by atoms with Crippen LogP contribution in [0.5, 0.6) is 0 Å². The Bertz CT molecular complexity index is 648. The van der Waals surface area contributed by atoms with Gasteiger partial charge in [-0.15, -0.1) is 0 Å². The van der Waals surface area contributed by atoms with Crippen LogP contribution in [0, 0.1) is 0 Å². The van der Waals surface area contributed by atoms with Gasteiger partial charge in [0.25, 0.3) is 0 Å². The van der Waals surface area contributed by atoms with E-state index in [1.165, 1.54) is 7.11 Å². The maximum atomic E-state index is 12.1. The average Bonchev–Trinajstić information content (AvgIpc) is 2.69. The van der Waals surface area contributed by atoms with Gasteiger partial charge < -0.3 is 9.84 Å². The van der Waals surface area contributed by atoms with E-state index in [0.717, 1.165) is 63.9 Å². The third-order valence-corrected chi connectivity index (χ3v) is 4.58. The molecule has 1 aliphatic carbocycles. The van der Waals surface area contributed by atoms with Crippen molar-refractivity contribution in [2.24, 2.45) is 0 Å². The molecule has 0 aromatic heterocycles. The molecule has 0 spiro atoms. The molecule has 1 aliphatic rings. The highest BCUT2D eigenvalue weighted by atomic mass is 16.5. The predicted molar refractivity (Wildman–Crippen MR) is 114 cm³/mol. The summed E-state index contributed by atoms with van der Waals surface area (Å²) >= 11 is 0. The summed E-state index contributed by atoms with van der Waals surface area (Å²) in [6.45, 7) is 2.14. The van der Waals surface area contributed by atoms with Crippen LogP contribution in [0.4, 0.5) is 0 Å². The molecule has 0 bridgehead atoms. The minimum atomic E-state index is -0.550. The van der Waals surface area contributed by atoms with Crippen LogP contribution in [0.1, 0.15) is 71.1 Å². The highest BCUT2D eigenvalue weighted by molar-refractivity contribution is 6.20. The number of aliphatic hydroxyl groups excluding tert-OH is 1. The van der Waals surface area contributed by atoms with Gasteiger partial charge in [-0.1, -0.05) is 62.6 Å². The number of rotatable bonds is 14. The summed E-state index contributed by atoms with van der Waals surface area (Å²) in [4.78, 5) is 23.8. The fourth-order valence-corrected chi connectivity index (χ4v) is 2.96. The lowest BCUT2D eigenvalue weighted by molar-refractivity contribution is -0.119. The summed E-state index contributed by atoms with van der Waals surface area (Å²) in [6, 6.07) is 0. The summed E-state index contributed by atoms with van der Waals surface area (Å²) < 4.78 is 4.91. The van der Waals surface area contributed by atoms with Crippen molar-refractivity contribution in [3.8, 4) is 0 Å². The van der Waals surface area contributed by atoms with Crippen molar-refractivity contribution in [1.82, 2.24) is 0 Å². The second-order valence-corrected chi connectivity index (χ2v) is 6.83. The van der Waals surface area contributed by atoms with E-state index in [0.29, 0.717) is 6.42 Å². The lowest BCUT2D eigenvalue weighted by atomic mass is 9.94. The molecular formula is C24H34O4. The van der Waals surface area contributed by atoms with Crippen LogP contribution in [0.3, 0.4) is 0 Å². The molecule has 0 saturated carbocycles. The van der Waals surface area contributed by atoms with E-state index in [1.54, 1.807) is 0 Å². The highest BCUT2D eigenvalue weighted by Crippen LogP contribution is 2.23. The number of hydrogen-bond acceptors (Lipinski definition) is 4. The number of ketones is 2. The van der Waals surface area contributed by atoms with E-state index in [9.17, 15) is 14.7 Å². The molecular weight excluding hydrogens is 352 g/mol. The quantitative estimate of drug-likeness (QED) is 0.223. The lowest BCUT2D eigenvalue weighted by Crippen LogP contribution is -2.20. The second-order valence-electron chi connectivity index (χ2n) is 6.83. The van der Waals surface area contributed by atoms with Crippen LogP contribution in [0.2, 0.25) is 0 Å². The largest absolute Gasteiger partial charge is 0.504 e. The molecule has 4 nitrogen and oxygen atoms in total. The third-order valence-electron chi connectivity index (χ3n) is 4.58. The van der Waals surface area contributed by atoms with Crippen LogP contribution in [-0.4, -0.2) is 23.8 Å². The molecule has 0 fully saturated rings. The Morgan fingerprint density at radius 2 is 1.50 bits per heavy atom. The van der Waals surface area contributed by atoms with E-state index in [2.05, 4.69) is 43.4 Å². The van der Waals surface area contributed by atoms with Gasteiger partial charge in [0.15, 0.2) is 11.5 Å². The van der Waals surface area contributed by atoms with Crippen molar-refractivity contribution in [2.75, 3.05) is 7.11 Å². The SMILES string of the molecule is CCC=CCC=CCC=CCCCCCCCC1=C(O)C(=O)C=C(OC)C1=O. The molecule has 28 heavy (non-hydrogen) atoms. The molecule has 0 aromatic rings. The van der Waals surface area contributed by atoms with Crippen LogP contribution in [-0.2, 0) is 14.3 Å². The summed E-state index contributed by atoms with van der Waals surface area (Å²) in [7, 11) is 1.35. The molecule has 0 aromatic carbocycles. The highest BCUT2D eigenvalue weighted by Gasteiger charge is 2.28. The monoisotopic (exact) mass is 386 g/mol. The number of unbranched alkanes of at least 4 members (excludes halogenated alkanes) is 5. The van der Waals surface area contributed by atoms with Gasteiger partial charge in [-0.3, -0.25) is 9.59 Å². The number of ether oxygens (including phenoxy) is 1. The number of allylic oxidation sites excluding steroid dienone is 8. The van der Waals surface area contributed by atoms with E-state index in [4.69, 9.17) is 4.74 Å². The fourth-order valence-electron chi connectivity index (χ4n) is 2.96. The Balaban J connectivity index is 2.10. The zero-order valence-electron chi connectivity index (χ0n) is 17.3. The molecule has 0 saturated heterocycles. The Kier molecular flexibility index (Phi) is 12.4. The molecule has 0 radical (unpaired) electrons. The fraction of sp³-hybridized carbons (Fsp3) is 0.500. The number of carbonyl (C=O) groups is 2.